The van der Waals surface area contributed by atoms with Crippen molar-refractivity contribution in [3.05, 3.63) is 23.4 Å². The van der Waals surface area contributed by atoms with Crippen LogP contribution in [0.5, 0.6) is 0 Å². The summed E-state index contributed by atoms with van der Waals surface area (Å²) in [4.78, 5) is 4.18. The van der Waals surface area contributed by atoms with Gasteiger partial charge in [-0.1, -0.05) is 13.8 Å². The number of nitrogen functional groups attached to an aromatic ring is 1. The predicted molar refractivity (Wildman–Crippen MR) is 77.4 cm³/mol. The van der Waals surface area contributed by atoms with Gasteiger partial charge >= 0.3 is 0 Å². The van der Waals surface area contributed by atoms with Gasteiger partial charge in [-0.3, -0.25) is 0 Å². The highest BCUT2D eigenvalue weighted by Gasteiger charge is 2.16. The van der Waals surface area contributed by atoms with E-state index < -0.39 is 0 Å². The second-order valence-electron chi connectivity index (χ2n) is 4.32. The number of nitrogens with one attached hydrogen (secondary N) is 1. The Morgan fingerprint density at radius 2 is 2.24 bits per heavy atom. The van der Waals surface area contributed by atoms with Gasteiger partial charge in [-0.05, 0) is 32.0 Å². The Balaban J connectivity index is 2.79. The third-order valence-electron chi connectivity index (χ3n) is 3.06. The summed E-state index contributed by atoms with van der Waals surface area (Å²) in [5, 5.41) is 4.02. The molecular formula is C13H23N3S. The number of hydrogen-bond donors (Lipinski definition) is 2. The van der Waals surface area contributed by atoms with E-state index >= 15 is 0 Å². The molecule has 0 spiro atoms. The van der Waals surface area contributed by atoms with Crippen molar-refractivity contribution in [2.75, 3.05) is 18.5 Å². The van der Waals surface area contributed by atoms with Crippen LogP contribution in [0.3, 0.4) is 0 Å². The van der Waals surface area contributed by atoms with Crippen molar-refractivity contribution < 1.29 is 0 Å². The Bertz CT molecular complexity index is 334. The van der Waals surface area contributed by atoms with Crippen LogP contribution < -0.4 is 11.1 Å². The normalized spacial score (nSPS) is 14.6. The highest BCUT2D eigenvalue weighted by molar-refractivity contribution is 7.99. The van der Waals surface area contributed by atoms with Crippen LogP contribution in [0.1, 0.15) is 37.4 Å². The number of thioether (sulfide) groups is 1. The number of nitrogens with zero attached hydrogens (tertiary/aromatic N) is 1. The fourth-order valence-electron chi connectivity index (χ4n) is 1.73. The molecule has 0 aliphatic heterocycles. The summed E-state index contributed by atoms with van der Waals surface area (Å²) in [6.45, 7) is 6.57. The number of aryl methyl sites for hydroxylation is 1. The molecule has 4 heteroatoms. The van der Waals surface area contributed by atoms with E-state index in [1.807, 2.05) is 24.9 Å². The zero-order chi connectivity index (χ0) is 12.8. The minimum Gasteiger partial charge on any atom is -0.383 e. The van der Waals surface area contributed by atoms with Gasteiger partial charge in [0.05, 0.1) is 0 Å². The molecule has 3 N–H and O–H groups in total. The van der Waals surface area contributed by atoms with Gasteiger partial charge in [-0.15, -0.1) is 0 Å². The van der Waals surface area contributed by atoms with Crippen molar-refractivity contribution >= 4 is 17.6 Å². The minimum absolute atomic E-state index is 0.280. The first-order chi connectivity index (χ1) is 8.10. The van der Waals surface area contributed by atoms with Crippen LogP contribution in [0.2, 0.25) is 0 Å². The lowest BCUT2D eigenvalue weighted by atomic mass is 10.0. The van der Waals surface area contributed by atoms with Crippen LogP contribution in [0.25, 0.3) is 0 Å². The first-order valence-corrected chi connectivity index (χ1v) is 7.14. The first kappa shape index (κ1) is 14.3. The Kier molecular flexibility index (Phi) is 5.78. The molecule has 0 bridgehead atoms. The highest BCUT2D eigenvalue weighted by Crippen LogP contribution is 2.27. The first-order valence-electron chi connectivity index (χ1n) is 6.10. The fraction of sp³-hybridized carbons (Fsp3) is 0.615. The lowest BCUT2D eigenvalue weighted by Gasteiger charge is -2.21. The van der Waals surface area contributed by atoms with Crippen molar-refractivity contribution in [3.63, 3.8) is 0 Å². The highest BCUT2D eigenvalue weighted by atomic mass is 32.2. The lowest BCUT2D eigenvalue weighted by Crippen LogP contribution is -2.22. The number of rotatable bonds is 6. The molecule has 0 fully saturated rings. The predicted octanol–water partition coefficient (Wildman–Crippen LogP) is 2.76. The van der Waals surface area contributed by atoms with Gasteiger partial charge in [0.15, 0.2) is 0 Å². The van der Waals surface area contributed by atoms with Gasteiger partial charge in [0.25, 0.3) is 0 Å². The van der Waals surface area contributed by atoms with Gasteiger partial charge in [0.1, 0.15) is 5.82 Å². The maximum atomic E-state index is 5.98. The maximum Gasteiger partial charge on any atom is 0.128 e. The molecule has 0 saturated heterocycles. The van der Waals surface area contributed by atoms with E-state index in [4.69, 9.17) is 5.73 Å². The van der Waals surface area contributed by atoms with Crippen molar-refractivity contribution in [1.82, 2.24) is 10.3 Å². The zero-order valence-corrected chi connectivity index (χ0v) is 12.0. The van der Waals surface area contributed by atoms with E-state index in [0.29, 0.717) is 11.1 Å². The van der Waals surface area contributed by atoms with Gasteiger partial charge in [0, 0.05) is 28.8 Å². The average molecular weight is 253 g/mol. The summed E-state index contributed by atoms with van der Waals surface area (Å²) in [5.41, 5.74) is 8.33. The summed E-state index contributed by atoms with van der Waals surface area (Å²) in [7, 11) is 1.98. The molecule has 96 valence electrons. The standard InChI is InChI=1S/C13H23N3S/c1-5-10(3)17-8-11(15-4)12-9(2)6-7-16-13(12)14/h6-7,10-11,15H,5,8H2,1-4H3,(H2,14,16). The van der Waals surface area contributed by atoms with Crippen molar-refractivity contribution in [2.45, 2.75) is 38.5 Å². The number of aromatic nitrogens is 1. The largest absolute Gasteiger partial charge is 0.383 e. The lowest BCUT2D eigenvalue weighted by molar-refractivity contribution is 0.656. The van der Waals surface area contributed by atoms with E-state index in [0.717, 1.165) is 11.3 Å². The zero-order valence-electron chi connectivity index (χ0n) is 11.2. The summed E-state index contributed by atoms with van der Waals surface area (Å²) in [6.07, 6.45) is 2.96. The van der Waals surface area contributed by atoms with Crippen LogP contribution in [-0.2, 0) is 0 Å². The van der Waals surface area contributed by atoms with Gasteiger partial charge in [-0.25, -0.2) is 4.98 Å². The van der Waals surface area contributed by atoms with E-state index in [2.05, 4.69) is 31.1 Å². The van der Waals surface area contributed by atoms with Crippen molar-refractivity contribution in [2.24, 2.45) is 0 Å². The SMILES string of the molecule is CCC(C)SCC(NC)c1c(C)ccnc1N. The summed E-state index contributed by atoms with van der Waals surface area (Å²) >= 11 is 1.98. The molecule has 0 amide bonds. The van der Waals surface area contributed by atoms with Gasteiger partial charge < -0.3 is 11.1 Å². The minimum atomic E-state index is 0.280. The van der Waals surface area contributed by atoms with E-state index in [-0.39, 0.29) is 6.04 Å². The van der Waals surface area contributed by atoms with E-state index in [1.54, 1.807) is 6.20 Å². The number of anilines is 1. The van der Waals surface area contributed by atoms with Crippen LogP contribution in [0.4, 0.5) is 5.82 Å². The van der Waals surface area contributed by atoms with Crippen LogP contribution in [0, 0.1) is 6.92 Å². The molecule has 1 heterocycles. The smallest absolute Gasteiger partial charge is 0.128 e. The van der Waals surface area contributed by atoms with Crippen molar-refractivity contribution in [3.8, 4) is 0 Å². The molecule has 0 saturated carbocycles. The second kappa shape index (κ2) is 6.87. The molecule has 1 aromatic heterocycles. The summed E-state index contributed by atoms with van der Waals surface area (Å²) < 4.78 is 0. The van der Waals surface area contributed by atoms with Crippen LogP contribution in [-0.4, -0.2) is 23.0 Å². The summed E-state index contributed by atoms with van der Waals surface area (Å²) in [5.74, 6) is 1.68. The summed E-state index contributed by atoms with van der Waals surface area (Å²) in [6, 6.07) is 2.30. The molecular weight excluding hydrogens is 230 g/mol. The number of pyridine rings is 1. The quantitative estimate of drug-likeness (QED) is 0.818. The maximum absolute atomic E-state index is 5.98. The second-order valence-corrected chi connectivity index (χ2v) is 5.79. The Hall–Kier alpha value is -0.740. The number of nitrogens with two attached hydrogens (primary N) is 1. The fourth-order valence-corrected chi connectivity index (χ4v) is 2.82. The molecule has 2 atom stereocenters. The molecule has 0 aliphatic rings. The Morgan fingerprint density at radius 1 is 1.53 bits per heavy atom. The number of hydrogen-bond acceptors (Lipinski definition) is 4. The van der Waals surface area contributed by atoms with Gasteiger partial charge in [-0.2, -0.15) is 11.8 Å². The Morgan fingerprint density at radius 3 is 2.76 bits per heavy atom. The molecule has 17 heavy (non-hydrogen) atoms. The Labute approximate surface area is 109 Å². The molecule has 1 rings (SSSR count). The molecule has 2 unspecified atom stereocenters. The van der Waals surface area contributed by atoms with E-state index in [9.17, 15) is 0 Å². The third kappa shape index (κ3) is 3.89. The molecule has 0 aromatic carbocycles. The van der Waals surface area contributed by atoms with Crippen LogP contribution >= 0.6 is 11.8 Å². The van der Waals surface area contributed by atoms with Crippen LogP contribution in [0.15, 0.2) is 12.3 Å². The topological polar surface area (TPSA) is 50.9 Å². The average Bonchev–Trinajstić information content (AvgIpc) is 2.32. The molecule has 0 radical (unpaired) electrons. The van der Waals surface area contributed by atoms with E-state index in [1.165, 1.54) is 12.0 Å². The molecule has 1 aromatic rings. The third-order valence-corrected chi connectivity index (χ3v) is 4.49. The monoisotopic (exact) mass is 253 g/mol. The van der Waals surface area contributed by atoms with Gasteiger partial charge in [0.2, 0.25) is 0 Å². The molecule has 0 aliphatic carbocycles. The van der Waals surface area contributed by atoms with Crippen molar-refractivity contribution in [1.29, 1.82) is 0 Å². The molecule has 3 nitrogen and oxygen atoms in total.